The highest BCUT2D eigenvalue weighted by Gasteiger charge is 2.11. The number of nitrogens with one attached hydrogen (secondary N) is 1. The summed E-state index contributed by atoms with van der Waals surface area (Å²) >= 11 is 2.02. The molecule has 1 rings (SSSR count). The molecule has 0 aliphatic rings. The largest absolute Gasteiger partial charge is 0.478 e. The molecule has 1 amide bonds. The number of carbonyl (C=O) groups excluding carboxylic acids is 1. The maximum atomic E-state index is 11.3. The van der Waals surface area contributed by atoms with Crippen molar-refractivity contribution in [2.75, 3.05) is 5.32 Å². The van der Waals surface area contributed by atoms with Crippen molar-refractivity contribution in [1.29, 1.82) is 0 Å². The molecule has 16 heavy (non-hydrogen) atoms. The lowest BCUT2D eigenvalue weighted by molar-refractivity contribution is -0.111. The van der Waals surface area contributed by atoms with Crippen LogP contribution in [0.1, 0.15) is 17.3 Å². The van der Waals surface area contributed by atoms with Crippen LogP contribution in [0, 0.1) is 3.57 Å². The molecule has 0 aromatic heterocycles. The Morgan fingerprint density at radius 3 is 2.69 bits per heavy atom. The Balaban J connectivity index is 3.04. The van der Waals surface area contributed by atoms with E-state index in [0.29, 0.717) is 5.69 Å². The average molecular weight is 331 g/mol. The Morgan fingerprint density at radius 2 is 2.12 bits per heavy atom. The highest BCUT2D eigenvalue weighted by atomic mass is 127. The quantitative estimate of drug-likeness (QED) is 0.661. The van der Waals surface area contributed by atoms with Gasteiger partial charge in [0.05, 0.1) is 11.3 Å². The van der Waals surface area contributed by atoms with Gasteiger partial charge in [-0.2, -0.15) is 0 Å². The lowest BCUT2D eigenvalue weighted by Gasteiger charge is -2.06. The van der Waals surface area contributed by atoms with Gasteiger partial charge in [-0.05, 0) is 53.8 Å². The highest BCUT2D eigenvalue weighted by molar-refractivity contribution is 14.1. The standard InChI is InChI=1S/C11H10INO3/c1-2-3-10(14)13-9-5-4-7(12)6-8(9)11(15)16/h2-6H,1H3,(H,13,14)(H,15,16). The molecule has 0 bridgehead atoms. The van der Waals surface area contributed by atoms with E-state index in [9.17, 15) is 9.59 Å². The molecule has 0 spiro atoms. The molecule has 1 aromatic rings. The molecule has 0 heterocycles. The normalized spacial score (nSPS) is 10.4. The van der Waals surface area contributed by atoms with Gasteiger partial charge in [0.1, 0.15) is 0 Å². The number of rotatable bonds is 3. The van der Waals surface area contributed by atoms with Crippen LogP contribution in [0.3, 0.4) is 0 Å². The van der Waals surface area contributed by atoms with E-state index in [1.807, 2.05) is 22.6 Å². The molecule has 5 heteroatoms. The fourth-order valence-electron chi connectivity index (χ4n) is 1.13. The predicted molar refractivity (Wildman–Crippen MR) is 69.6 cm³/mol. The molecule has 84 valence electrons. The SMILES string of the molecule is CC=CC(=O)Nc1ccc(I)cc1C(=O)O. The van der Waals surface area contributed by atoms with Gasteiger partial charge >= 0.3 is 5.97 Å². The average Bonchev–Trinajstić information content (AvgIpc) is 2.20. The number of carbonyl (C=O) groups is 2. The van der Waals surface area contributed by atoms with E-state index in [1.165, 1.54) is 12.1 Å². The van der Waals surface area contributed by atoms with Crippen LogP contribution in [0.25, 0.3) is 0 Å². The fraction of sp³-hybridized carbons (Fsp3) is 0.0909. The third-order valence-corrected chi connectivity index (χ3v) is 2.46. The van der Waals surface area contributed by atoms with Gasteiger partial charge in [-0.25, -0.2) is 4.79 Å². The number of aromatic carboxylic acids is 1. The molecule has 0 fully saturated rings. The number of hydrogen-bond donors (Lipinski definition) is 2. The van der Waals surface area contributed by atoms with Crippen molar-refractivity contribution in [3.05, 3.63) is 39.5 Å². The van der Waals surface area contributed by atoms with Crippen LogP contribution in [-0.2, 0) is 4.79 Å². The first-order valence-corrected chi connectivity index (χ1v) is 5.59. The minimum atomic E-state index is -1.06. The van der Waals surface area contributed by atoms with Crippen molar-refractivity contribution in [1.82, 2.24) is 0 Å². The van der Waals surface area contributed by atoms with Crippen LogP contribution >= 0.6 is 22.6 Å². The van der Waals surface area contributed by atoms with Crippen molar-refractivity contribution in [3.63, 3.8) is 0 Å². The summed E-state index contributed by atoms with van der Waals surface area (Å²) in [6.07, 6.45) is 2.92. The second-order valence-electron chi connectivity index (χ2n) is 2.98. The fourth-order valence-corrected chi connectivity index (χ4v) is 1.62. The van der Waals surface area contributed by atoms with Crippen LogP contribution in [-0.4, -0.2) is 17.0 Å². The summed E-state index contributed by atoms with van der Waals surface area (Å²) in [4.78, 5) is 22.2. The van der Waals surface area contributed by atoms with Gasteiger partial charge in [-0.1, -0.05) is 6.08 Å². The van der Waals surface area contributed by atoms with Crippen molar-refractivity contribution in [2.24, 2.45) is 0 Å². The Morgan fingerprint density at radius 1 is 1.44 bits per heavy atom. The number of allylic oxidation sites excluding steroid dienone is 1. The van der Waals surface area contributed by atoms with Gasteiger partial charge < -0.3 is 10.4 Å². The van der Waals surface area contributed by atoms with Crippen LogP contribution in [0.4, 0.5) is 5.69 Å². The Labute approximate surface area is 106 Å². The topological polar surface area (TPSA) is 66.4 Å². The Bertz CT molecular complexity index is 455. The molecular weight excluding hydrogens is 321 g/mol. The second kappa shape index (κ2) is 5.64. The lowest BCUT2D eigenvalue weighted by atomic mass is 10.2. The smallest absolute Gasteiger partial charge is 0.337 e. The highest BCUT2D eigenvalue weighted by Crippen LogP contribution is 2.18. The third kappa shape index (κ3) is 3.34. The summed E-state index contributed by atoms with van der Waals surface area (Å²) in [7, 11) is 0. The summed E-state index contributed by atoms with van der Waals surface area (Å²) in [5, 5.41) is 11.5. The molecular formula is C11H10INO3. The summed E-state index contributed by atoms with van der Waals surface area (Å²) in [5.74, 6) is -1.40. The summed E-state index contributed by atoms with van der Waals surface area (Å²) in [5.41, 5.74) is 0.390. The molecule has 4 nitrogen and oxygen atoms in total. The van der Waals surface area contributed by atoms with Crippen LogP contribution in [0.15, 0.2) is 30.4 Å². The first kappa shape index (κ1) is 12.7. The number of benzene rings is 1. The van der Waals surface area contributed by atoms with Gasteiger partial charge in [-0.15, -0.1) is 0 Å². The number of halogens is 1. The Kier molecular flexibility index (Phi) is 4.48. The number of anilines is 1. The monoisotopic (exact) mass is 331 g/mol. The van der Waals surface area contributed by atoms with Gasteiger partial charge in [0.15, 0.2) is 0 Å². The van der Waals surface area contributed by atoms with E-state index >= 15 is 0 Å². The van der Waals surface area contributed by atoms with E-state index in [2.05, 4.69) is 5.32 Å². The van der Waals surface area contributed by atoms with Gasteiger partial charge in [0.2, 0.25) is 5.91 Å². The third-order valence-electron chi connectivity index (χ3n) is 1.79. The zero-order valence-corrected chi connectivity index (χ0v) is 10.7. The number of hydrogen-bond acceptors (Lipinski definition) is 2. The molecule has 0 atom stereocenters. The molecule has 0 radical (unpaired) electrons. The zero-order valence-electron chi connectivity index (χ0n) is 8.53. The maximum absolute atomic E-state index is 11.3. The number of carboxylic acid groups (broad SMARTS) is 1. The molecule has 0 unspecified atom stereocenters. The van der Waals surface area contributed by atoms with Gasteiger partial charge in [0.25, 0.3) is 0 Å². The lowest BCUT2D eigenvalue weighted by Crippen LogP contribution is -2.12. The zero-order chi connectivity index (χ0) is 12.1. The maximum Gasteiger partial charge on any atom is 0.337 e. The molecule has 0 saturated carbocycles. The van der Waals surface area contributed by atoms with Crippen molar-refractivity contribution in [2.45, 2.75) is 6.92 Å². The van der Waals surface area contributed by atoms with E-state index in [0.717, 1.165) is 3.57 Å². The molecule has 0 saturated heterocycles. The number of carboxylic acids is 1. The van der Waals surface area contributed by atoms with Crippen LogP contribution < -0.4 is 5.32 Å². The molecule has 1 aromatic carbocycles. The summed E-state index contributed by atoms with van der Waals surface area (Å²) in [6.45, 7) is 1.71. The van der Waals surface area contributed by atoms with Crippen molar-refractivity contribution < 1.29 is 14.7 Å². The van der Waals surface area contributed by atoms with E-state index in [-0.39, 0.29) is 11.5 Å². The van der Waals surface area contributed by atoms with Gasteiger partial charge in [0, 0.05) is 3.57 Å². The summed E-state index contributed by atoms with van der Waals surface area (Å²) in [6, 6.07) is 4.82. The van der Waals surface area contributed by atoms with Crippen LogP contribution in [0.5, 0.6) is 0 Å². The van der Waals surface area contributed by atoms with Crippen molar-refractivity contribution >= 4 is 40.2 Å². The summed E-state index contributed by atoms with van der Waals surface area (Å²) < 4.78 is 0.805. The molecule has 2 N–H and O–H groups in total. The Hall–Kier alpha value is -1.37. The van der Waals surface area contributed by atoms with Crippen LogP contribution in [0.2, 0.25) is 0 Å². The first-order chi connectivity index (χ1) is 7.54. The minimum Gasteiger partial charge on any atom is -0.478 e. The first-order valence-electron chi connectivity index (χ1n) is 4.51. The minimum absolute atomic E-state index is 0.0877. The second-order valence-corrected chi connectivity index (χ2v) is 4.23. The van der Waals surface area contributed by atoms with Crippen molar-refractivity contribution in [3.8, 4) is 0 Å². The molecule has 0 aliphatic carbocycles. The molecule has 0 aliphatic heterocycles. The van der Waals surface area contributed by atoms with E-state index < -0.39 is 5.97 Å². The van der Waals surface area contributed by atoms with Gasteiger partial charge in [-0.3, -0.25) is 4.79 Å². The van der Waals surface area contributed by atoms with E-state index in [4.69, 9.17) is 5.11 Å². The van der Waals surface area contributed by atoms with E-state index in [1.54, 1.807) is 25.1 Å². The number of amides is 1. The predicted octanol–water partition coefficient (Wildman–Crippen LogP) is 2.50.